The van der Waals surface area contributed by atoms with Crippen molar-refractivity contribution in [2.45, 2.75) is 38.0 Å². The molecule has 0 bridgehead atoms. The number of aryl methyl sites for hydroxylation is 1. The molecule has 140 valence electrons. The Morgan fingerprint density at radius 1 is 1.22 bits per heavy atom. The van der Waals surface area contributed by atoms with Gasteiger partial charge < -0.3 is 0 Å². The van der Waals surface area contributed by atoms with Crippen molar-refractivity contribution in [2.75, 3.05) is 0 Å². The van der Waals surface area contributed by atoms with Crippen molar-refractivity contribution in [3.8, 4) is 11.3 Å². The van der Waals surface area contributed by atoms with E-state index in [-0.39, 0.29) is 43.8 Å². The molecule has 0 amide bonds. The van der Waals surface area contributed by atoms with Gasteiger partial charge in [0, 0.05) is 55.1 Å². The minimum absolute atomic E-state index is 0.0182. The van der Waals surface area contributed by atoms with Crippen LogP contribution in [0.1, 0.15) is 31.4 Å². The first kappa shape index (κ1) is 17.6. The fourth-order valence-corrected chi connectivity index (χ4v) is 3.48. The number of rotatable bonds is 4. The van der Waals surface area contributed by atoms with E-state index in [0.717, 1.165) is 16.5 Å². The number of ketones is 1. The van der Waals surface area contributed by atoms with E-state index in [4.69, 9.17) is 0 Å². The van der Waals surface area contributed by atoms with Crippen molar-refractivity contribution in [1.82, 2.24) is 25.0 Å². The predicted molar refractivity (Wildman–Crippen MR) is 95.2 cm³/mol. The van der Waals surface area contributed by atoms with E-state index in [1.54, 1.807) is 30.3 Å². The van der Waals surface area contributed by atoms with Gasteiger partial charge in [0.05, 0.1) is 17.9 Å². The quantitative estimate of drug-likeness (QED) is 0.703. The Kier molecular flexibility index (Phi) is 4.41. The number of fused-ring (bicyclic) bond motifs is 1. The number of alkyl halides is 2. The van der Waals surface area contributed by atoms with Crippen LogP contribution in [0.5, 0.6) is 0 Å². The second-order valence-electron chi connectivity index (χ2n) is 7.14. The summed E-state index contributed by atoms with van der Waals surface area (Å²) in [6.07, 6.45) is 5.37. The van der Waals surface area contributed by atoms with Gasteiger partial charge in [0.1, 0.15) is 11.5 Å². The van der Waals surface area contributed by atoms with Crippen molar-refractivity contribution >= 4 is 16.7 Å². The number of Topliss-reactive ketones (excluding diaryl/α,β-unsaturated/α-hetero) is 1. The lowest BCUT2D eigenvalue weighted by Gasteiger charge is -2.27. The molecule has 1 fully saturated rings. The van der Waals surface area contributed by atoms with Crippen molar-refractivity contribution in [3.63, 3.8) is 0 Å². The summed E-state index contributed by atoms with van der Waals surface area (Å²) in [4.78, 5) is 21.2. The summed E-state index contributed by atoms with van der Waals surface area (Å²) in [5.74, 6) is -2.94. The van der Waals surface area contributed by atoms with Gasteiger partial charge in [-0.25, -0.2) is 8.78 Å². The molecule has 8 heteroatoms. The normalized spacial score (nSPS) is 17.3. The summed E-state index contributed by atoms with van der Waals surface area (Å²) in [6.45, 7) is 0. The Labute approximate surface area is 154 Å². The number of carbonyl (C=O) groups excluding carboxylic acids is 1. The van der Waals surface area contributed by atoms with Crippen molar-refractivity contribution < 1.29 is 13.6 Å². The van der Waals surface area contributed by atoms with Gasteiger partial charge in [0.15, 0.2) is 0 Å². The Bertz CT molecular complexity index is 991. The van der Waals surface area contributed by atoms with Crippen molar-refractivity contribution in [1.29, 1.82) is 0 Å². The Morgan fingerprint density at radius 3 is 2.70 bits per heavy atom. The van der Waals surface area contributed by atoms with Crippen LogP contribution in [0.25, 0.3) is 22.2 Å². The summed E-state index contributed by atoms with van der Waals surface area (Å²) < 4.78 is 28.2. The Morgan fingerprint density at radius 2 is 2.00 bits per heavy atom. The number of halogens is 2. The molecular weight excluding hydrogens is 352 g/mol. The maximum absolute atomic E-state index is 13.3. The summed E-state index contributed by atoms with van der Waals surface area (Å²) in [5, 5.41) is 8.85. The van der Waals surface area contributed by atoms with Crippen LogP contribution in [0, 0.1) is 5.92 Å². The molecule has 0 unspecified atom stereocenters. The van der Waals surface area contributed by atoms with Gasteiger partial charge in [0.25, 0.3) is 0 Å². The molecule has 1 aliphatic carbocycles. The van der Waals surface area contributed by atoms with E-state index in [1.165, 1.54) is 0 Å². The van der Waals surface area contributed by atoms with Crippen LogP contribution >= 0.6 is 0 Å². The molecule has 0 N–H and O–H groups in total. The highest BCUT2D eigenvalue weighted by molar-refractivity contribution is 5.86. The van der Waals surface area contributed by atoms with Crippen LogP contribution in [-0.4, -0.2) is 36.7 Å². The smallest absolute Gasteiger partial charge is 0.248 e. The highest BCUT2D eigenvalue weighted by atomic mass is 19.3. The lowest BCUT2D eigenvalue weighted by atomic mass is 9.83. The van der Waals surface area contributed by atoms with Crippen LogP contribution < -0.4 is 0 Å². The summed E-state index contributed by atoms with van der Waals surface area (Å²) in [5.41, 5.74) is 2.89. The Hall–Kier alpha value is -2.77. The van der Waals surface area contributed by atoms with Gasteiger partial charge in [-0.1, -0.05) is 5.21 Å². The molecule has 0 spiro atoms. The summed E-state index contributed by atoms with van der Waals surface area (Å²) in [7, 11) is 1.79. The Balaban J connectivity index is 1.53. The molecule has 0 radical (unpaired) electrons. The van der Waals surface area contributed by atoms with E-state index < -0.39 is 5.92 Å². The van der Waals surface area contributed by atoms with Gasteiger partial charge in [-0.2, -0.15) is 0 Å². The maximum atomic E-state index is 13.3. The van der Waals surface area contributed by atoms with Crippen molar-refractivity contribution in [3.05, 3.63) is 36.4 Å². The van der Waals surface area contributed by atoms with Gasteiger partial charge >= 0.3 is 0 Å². The average molecular weight is 371 g/mol. The second-order valence-corrected chi connectivity index (χ2v) is 7.14. The topological polar surface area (TPSA) is 73.6 Å². The van der Waals surface area contributed by atoms with Crippen LogP contribution in [0.15, 0.2) is 30.7 Å². The molecule has 0 aliphatic heterocycles. The first-order chi connectivity index (χ1) is 12.9. The molecule has 4 rings (SSSR count). The molecule has 3 aromatic rings. The average Bonchev–Trinajstić information content (AvgIpc) is 3.07. The van der Waals surface area contributed by atoms with Crippen LogP contribution in [0.2, 0.25) is 0 Å². The zero-order valence-electron chi connectivity index (χ0n) is 14.9. The van der Waals surface area contributed by atoms with Crippen LogP contribution in [0.4, 0.5) is 8.78 Å². The third kappa shape index (κ3) is 3.84. The van der Waals surface area contributed by atoms with E-state index in [1.807, 2.05) is 12.1 Å². The van der Waals surface area contributed by atoms with E-state index >= 15 is 0 Å². The monoisotopic (exact) mass is 371 g/mol. The van der Waals surface area contributed by atoms with E-state index in [0.29, 0.717) is 11.4 Å². The standard InChI is InChI=1S/C19H19F2N5O/c1-26-11-17(24-25-26)14-6-13-7-15(22-10-16(13)23-9-14)8-18(27)12-2-4-19(20,21)5-3-12/h6-7,9-12H,2-5,8H2,1H3. The highest BCUT2D eigenvalue weighted by Crippen LogP contribution is 2.36. The third-order valence-corrected chi connectivity index (χ3v) is 5.05. The second kappa shape index (κ2) is 6.75. The SMILES string of the molecule is Cn1cc(-c2cnc3cnc(CC(=O)C4CCC(F)(F)CC4)cc3c2)nn1. The minimum atomic E-state index is -2.62. The van der Waals surface area contributed by atoms with Crippen molar-refractivity contribution in [2.24, 2.45) is 13.0 Å². The first-order valence-corrected chi connectivity index (χ1v) is 8.91. The molecule has 3 aromatic heterocycles. The fourth-order valence-electron chi connectivity index (χ4n) is 3.48. The summed E-state index contributed by atoms with van der Waals surface area (Å²) in [6, 6.07) is 3.76. The largest absolute Gasteiger partial charge is 0.299 e. The van der Waals surface area contributed by atoms with Gasteiger partial charge in [-0.05, 0) is 25.0 Å². The summed E-state index contributed by atoms with van der Waals surface area (Å²) >= 11 is 0. The maximum Gasteiger partial charge on any atom is 0.248 e. The number of carbonyl (C=O) groups is 1. The first-order valence-electron chi connectivity index (χ1n) is 8.91. The molecule has 0 atom stereocenters. The molecule has 27 heavy (non-hydrogen) atoms. The fraction of sp³-hybridized carbons (Fsp3) is 0.421. The lowest BCUT2D eigenvalue weighted by Crippen LogP contribution is -2.29. The predicted octanol–water partition coefficient (Wildman–Crippen LogP) is 3.36. The van der Waals surface area contributed by atoms with Crippen LogP contribution in [0.3, 0.4) is 0 Å². The molecule has 6 nitrogen and oxygen atoms in total. The number of nitrogens with zero attached hydrogens (tertiary/aromatic N) is 5. The molecule has 0 aromatic carbocycles. The third-order valence-electron chi connectivity index (χ3n) is 5.05. The van der Waals surface area contributed by atoms with E-state index in [9.17, 15) is 13.6 Å². The van der Waals surface area contributed by atoms with Gasteiger partial charge in [0.2, 0.25) is 5.92 Å². The van der Waals surface area contributed by atoms with Gasteiger partial charge in [-0.3, -0.25) is 19.4 Å². The molecule has 1 saturated carbocycles. The highest BCUT2D eigenvalue weighted by Gasteiger charge is 2.37. The molecule has 1 aliphatic rings. The molecule has 3 heterocycles. The van der Waals surface area contributed by atoms with E-state index in [2.05, 4.69) is 20.3 Å². The number of pyridine rings is 2. The zero-order valence-corrected chi connectivity index (χ0v) is 14.9. The number of hydrogen-bond donors (Lipinski definition) is 0. The minimum Gasteiger partial charge on any atom is -0.299 e. The molecule has 0 saturated heterocycles. The molecular formula is C19H19F2N5O. The van der Waals surface area contributed by atoms with Crippen LogP contribution in [-0.2, 0) is 18.3 Å². The zero-order chi connectivity index (χ0) is 19.0. The number of aromatic nitrogens is 5. The number of hydrogen-bond acceptors (Lipinski definition) is 5. The lowest BCUT2D eigenvalue weighted by molar-refractivity contribution is -0.126. The van der Waals surface area contributed by atoms with Gasteiger partial charge in [-0.15, -0.1) is 5.10 Å².